The maximum absolute atomic E-state index is 12.6. The van der Waals surface area contributed by atoms with Crippen molar-refractivity contribution in [3.05, 3.63) is 52.7 Å². The van der Waals surface area contributed by atoms with Crippen molar-refractivity contribution < 1.29 is 27.9 Å². The lowest BCUT2D eigenvalue weighted by Crippen LogP contribution is -2.30. The van der Waals surface area contributed by atoms with E-state index in [9.17, 15) is 27.9 Å². The van der Waals surface area contributed by atoms with E-state index in [1.807, 2.05) is 0 Å². The number of rotatable bonds is 9. The molecule has 1 heterocycles. The normalized spacial score (nSPS) is 11.1. The quantitative estimate of drug-likeness (QED) is 0.445. The first kappa shape index (κ1) is 23.3. The lowest BCUT2D eigenvalue weighted by Gasteiger charge is -2.11. The number of amides is 2. The molecule has 0 bridgehead atoms. The number of alkyl halides is 3. The molecule has 1 aromatic heterocycles. The molecule has 2 amide bonds. The van der Waals surface area contributed by atoms with E-state index >= 15 is 0 Å². The molecule has 11 heteroatoms. The second-order valence-corrected chi connectivity index (χ2v) is 6.65. The Balaban J connectivity index is 1.62. The summed E-state index contributed by atoms with van der Waals surface area (Å²) in [4.78, 5) is 27.3. The predicted octanol–water partition coefficient (Wildman–Crippen LogP) is 3.20. The molecular formula is C19H20ClF3N4O3. The van der Waals surface area contributed by atoms with Gasteiger partial charge >= 0.3 is 6.18 Å². The van der Waals surface area contributed by atoms with Gasteiger partial charge in [0, 0.05) is 37.8 Å². The Kier molecular flexibility index (Phi) is 8.28. The molecule has 0 aliphatic carbocycles. The zero-order chi connectivity index (χ0) is 22.1. The van der Waals surface area contributed by atoms with Crippen molar-refractivity contribution in [3.8, 4) is 5.75 Å². The summed E-state index contributed by atoms with van der Waals surface area (Å²) in [7, 11) is 0. The summed E-state index contributed by atoms with van der Waals surface area (Å²) in [6.07, 6.45) is -3.30. The van der Waals surface area contributed by atoms with Gasteiger partial charge in [0.25, 0.3) is 5.91 Å². The van der Waals surface area contributed by atoms with E-state index < -0.39 is 11.7 Å². The standard InChI is InChI=1S/C19H20ClF3N4O3/c20-15-10-13(19(21,22)23)11-27-17(15)25-8-5-16(29)24-6-2-7-26-18(30)12-3-1-4-14(28)9-12/h1,3-4,9-11,28H,2,5-8H2,(H,24,29)(H,25,27)(H,26,30). The van der Waals surface area contributed by atoms with E-state index in [2.05, 4.69) is 20.9 Å². The van der Waals surface area contributed by atoms with Gasteiger partial charge in [-0.05, 0) is 30.7 Å². The molecule has 2 rings (SSSR count). The molecule has 1 aromatic carbocycles. The van der Waals surface area contributed by atoms with Crippen LogP contribution in [-0.4, -0.2) is 41.5 Å². The van der Waals surface area contributed by atoms with E-state index in [-0.39, 0.29) is 41.4 Å². The summed E-state index contributed by atoms with van der Waals surface area (Å²) in [5.74, 6) is -0.546. The molecule has 0 unspecified atom stereocenters. The van der Waals surface area contributed by atoms with Crippen LogP contribution in [-0.2, 0) is 11.0 Å². The maximum atomic E-state index is 12.6. The van der Waals surface area contributed by atoms with Crippen molar-refractivity contribution in [3.63, 3.8) is 0 Å². The van der Waals surface area contributed by atoms with E-state index in [0.717, 1.165) is 6.07 Å². The first-order chi connectivity index (χ1) is 14.2. The monoisotopic (exact) mass is 444 g/mol. The molecule has 0 saturated heterocycles. The highest BCUT2D eigenvalue weighted by atomic mass is 35.5. The molecule has 4 N–H and O–H groups in total. The number of aromatic hydroxyl groups is 1. The summed E-state index contributed by atoms with van der Waals surface area (Å²) >= 11 is 5.77. The topological polar surface area (TPSA) is 103 Å². The van der Waals surface area contributed by atoms with Gasteiger partial charge in [-0.15, -0.1) is 0 Å². The van der Waals surface area contributed by atoms with Crippen molar-refractivity contribution >= 4 is 29.2 Å². The van der Waals surface area contributed by atoms with Gasteiger partial charge in [0.2, 0.25) is 5.91 Å². The van der Waals surface area contributed by atoms with Crippen LogP contribution in [0.25, 0.3) is 0 Å². The number of phenolic OH excluding ortho intramolecular Hbond substituents is 1. The van der Waals surface area contributed by atoms with Crippen molar-refractivity contribution in [2.75, 3.05) is 25.0 Å². The number of hydrogen-bond acceptors (Lipinski definition) is 5. The molecule has 162 valence electrons. The van der Waals surface area contributed by atoms with Gasteiger partial charge in [-0.2, -0.15) is 13.2 Å². The number of pyridine rings is 1. The van der Waals surface area contributed by atoms with Crippen LogP contribution >= 0.6 is 11.6 Å². The van der Waals surface area contributed by atoms with Crippen LogP contribution in [0, 0.1) is 0 Å². The maximum Gasteiger partial charge on any atom is 0.417 e. The van der Waals surface area contributed by atoms with Gasteiger partial charge in [-0.3, -0.25) is 9.59 Å². The van der Waals surface area contributed by atoms with E-state index in [0.29, 0.717) is 31.3 Å². The van der Waals surface area contributed by atoms with Gasteiger partial charge in [-0.1, -0.05) is 17.7 Å². The fraction of sp³-hybridized carbons (Fsp3) is 0.316. The fourth-order valence-corrected chi connectivity index (χ4v) is 2.61. The average Bonchev–Trinajstić information content (AvgIpc) is 2.68. The van der Waals surface area contributed by atoms with E-state index in [1.165, 1.54) is 12.1 Å². The minimum atomic E-state index is -4.53. The number of nitrogens with one attached hydrogen (secondary N) is 3. The highest BCUT2D eigenvalue weighted by molar-refractivity contribution is 6.32. The van der Waals surface area contributed by atoms with E-state index in [1.54, 1.807) is 12.1 Å². The number of halogens is 4. The molecule has 0 aliphatic heterocycles. The summed E-state index contributed by atoms with van der Waals surface area (Å²) in [5.41, 5.74) is -0.618. The number of benzene rings is 1. The summed E-state index contributed by atoms with van der Waals surface area (Å²) < 4.78 is 37.7. The summed E-state index contributed by atoms with van der Waals surface area (Å²) in [5, 5.41) is 17.2. The zero-order valence-corrected chi connectivity index (χ0v) is 16.5. The number of carbonyl (C=O) groups is 2. The second kappa shape index (κ2) is 10.7. The second-order valence-electron chi connectivity index (χ2n) is 6.24. The van der Waals surface area contributed by atoms with Gasteiger partial charge in [-0.25, -0.2) is 4.98 Å². The van der Waals surface area contributed by atoms with Crippen molar-refractivity contribution in [2.45, 2.75) is 19.0 Å². The summed E-state index contributed by atoms with van der Waals surface area (Å²) in [6.45, 7) is 0.800. The Bertz CT molecular complexity index is 894. The molecule has 0 atom stereocenters. The Labute approximate surface area is 175 Å². The van der Waals surface area contributed by atoms with Crippen molar-refractivity contribution in [1.82, 2.24) is 15.6 Å². The Hall–Kier alpha value is -3.01. The summed E-state index contributed by atoms with van der Waals surface area (Å²) in [6, 6.07) is 6.71. The van der Waals surface area contributed by atoms with E-state index in [4.69, 9.17) is 11.6 Å². The van der Waals surface area contributed by atoms with Gasteiger partial charge in [0.1, 0.15) is 11.6 Å². The third-order valence-corrected chi connectivity index (χ3v) is 4.17. The smallest absolute Gasteiger partial charge is 0.417 e. The first-order valence-electron chi connectivity index (χ1n) is 8.97. The first-order valence-corrected chi connectivity index (χ1v) is 9.35. The van der Waals surface area contributed by atoms with Crippen molar-refractivity contribution in [2.24, 2.45) is 0 Å². The van der Waals surface area contributed by atoms with Crippen LogP contribution in [0.5, 0.6) is 5.75 Å². The molecule has 0 aliphatic rings. The number of nitrogens with zero attached hydrogens (tertiary/aromatic N) is 1. The highest BCUT2D eigenvalue weighted by Gasteiger charge is 2.31. The largest absolute Gasteiger partial charge is 0.508 e. The number of anilines is 1. The number of hydrogen-bond donors (Lipinski definition) is 4. The zero-order valence-electron chi connectivity index (χ0n) is 15.7. The van der Waals surface area contributed by atoms with Crippen LogP contribution in [0.2, 0.25) is 5.02 Å². The van der Waals surface area contributed by atoms with Crippen LogP contribution in [0.15, 0.2) is 36.5 Å². The third-order valence-electron chi connectivity index (χ3n) is 3.88. The Morgan fingerprint density at radius 2 is 1.83 bits per heavy atom. The number of phenols is 1. The molecule has 30 heavy (non-hydrogen) atoms. The van der Waals surface area contributed by atoms with Gasteiger partial charge in [0.15, 0.2) is 0 Å². The molecule has 0 fully saturated rings. The molecular weight excluding hydrogens is 425 g/mol. The lowest BCUT2D eigenvalue weighted by molar-refractivity contribution is -0.137. The van der Waals surface area contributed by atoms with Crippen molar-refractivity contribution in [1.29, 1.82) is 0 Å². The van der Waals surface area contributed by atoms with Crippen LogP contribution < -0.4 is 16.0 Å². The van der Waals surface area contributed by atoms with Gasteiger partial charge < -0.3 is 21.1 Å². The van der Waals surface area contributed by atoms with Crippen LogP contribution in [0.4, 0.5) is 19.0 Å². The number of carbonyl (C=O) groups excluding carboxylic acids is 2. The number of aromatic nitrogens is 1. The fourth-order valence-electron chi connectivity index (χ4n) is 2.37. The molecule has 0 radical (unpaired) electrons. The highest BCUT2D eigenvalue weighted by Crippen LogP contribution is 2.32. The predicted molar refractivity (Wildman–Crippen MR) is 105 cm³/mol. The Morgan fingerprint density at radius 3 is 2.50 bits per heavy atom. The average molecular weight is 445 g/mol. The molecule has 2 aromatic rings. The SMILES string of the molecule is O=C(CCNc1ncc(C(F)(F)F)cc1Cl)NCCCNC(=O)c1cccc(O)c1. The molecule has 0 spiro atoms. The minimum Gasteiger partial charge on any atom is -0.508 e. The Morgan fingerprint density at radius 1 is 1.10 bits per heavy atom. The third kappa shape index (κ3) is 7.43. The molecule has 7 nitrogen and oxygen atoms in total. The molecule has 0 saturated carbocycles. The van der Waals surface area contributed by atoms with Crippen LogP contribution in [0.1, 0.15) is 28.8 Å². The minimum absolute atomic E-state index is 0.00342. The van der Waals surface area contributed by atoms with Crippen LogP contribution in [0.3, 0.4) is 0 Å². The lowest BCUT2D eigenvalue weighted by atomic mass is 10.2. The van der Waals surface area contributed by atoms with Gasteiger partial charge in [0.05, 0.1) is 10.6 Å².